The summed E-state index contributed by atoms with van der Waals surface area (Å²) in [6, 6.07) is 20.8. The molecule has 2 aromatic rings. The van der Waals surface area contributed by atoms with E-state index in [9.17, 15) is 0 Å². The third kappa shape index (κ3) is 4.76. The van der Waals surface area contributed by atoms with Crippen LogP contribution in [0.15, 0.2) is 76.9 Å². The van der Waals surface area contributed by atoms with Crippen molar-refractivity contribution in [2.75, 3.05) is 0 Å². The van der Waals surface area contributed by atoms with Gasteiger partial charge in [0.1, 0.15) is 5.84 Å². The van der Waals surface area contributed by atoms with Crippen LogP contribution < -0.4 is 11.5 Å². The smallest absolute Gasteiger partial charge is 0.124 e. The summed E-state index contributed by atoms with van der Waals surface area (Å²) in [5.74, 6) is 1.42. The number of nitrogens with zero attached hydrogens (tertiary/aromatic N) is 2. The Hall–Kier alpha value is -2.43. The van der Waals surface area contributed by atoms with Crippen LogP contribution in [0.4, 0.5) is 0 Å². The highest BCUT2D eigenvalue weighted by Gasteiger charge is 2.45. The predicted octanol–water partition coefficient (Wildman–Crippen LogP) is 5.00. The lowest BCUT2D eigenvalue weighted by Crippen LogP contribution is -2.65. The van der Waals surface area contributed by atoms with Gasteiger partial charge < -0.3 is 16.4 Å². The Morgan fingerprint density at radius 2 is 1.48 bits per heavy atom. The fourth-order valence-corrected chi connectivity index (χ4v) is 5.16. The Labute approximate surface area is 187 Å². The van der Waals surface area contributed by atoms with Crippen molar-refractivity contribution in [2.24, 2.45) is 22.4 Å². The molecule has 4 rings (SSSR count). The van der Waals surface area contributed by atoms with Gasteiger partial charge in [0.15, 0.2) is 0 Å². The molecule has 1 heterocycles. The van der Waals surface area contributed by atoms with Crippen molar-refractivity contribution < 1.29 is 0 Å². The molecule has 0 bridgehead atoms. The molecule has 2 aliphatic rings. The molecule has 0 fully saturated rings. The third-order valence-electron chi connectivity index (χ3n) is 6.59. The van der Waals surface area contributed by atoms with Crippen LogP contribution in [-0.2, 0) is 13.1 Å². The van der Waals surface area contributed by atoms with E-state index >= 15 is 0 Å². The van der Waals surface area contributed by atoms with Gasteiger partial charge in [0.25, 0.3) is 0 Å². The Morgan fingerprint density at radius 1 is 0.935 bits per heavy atom. The number of nitrogens with two attached hydrogens (primary N) is 2. The fraction of sp³-hybridized carbons (Fsp3) is 0.444. The minimum absolute atomic E-state index is 0.306. The molecule has 4 nitrogen and oxygen atoms in total. The standard InChI is InChI=1S/C27H36N4/c1-20(2)17-27(29)23-15-9-10-16-24(23)30-26(25(27)28)31(18-21-11-5-3-6-12-21)19-22-13-7-4-8-14-22/h3-8,11-14,20,25H,9-10,15-19,28-29H2,1-2H3. The van der Waals surface area contributed by atoms with Crippen LogP contribution in [0.5, 0.6) is 0 Å². The van der Waals surface area contributed by atoms with Gasteiger partial charge in [0.2, 0.25) is 0 Å². The summed E-state index contributed by atoms with van der Waals surface area (Å²) in [5.41, 5.74) is 18.7. The molecule has 31 heavy (non-hydrogen) atoms. The first-order valence-electron chi connectivity index (χ1n) is 11.7. The summed E-state index contributed by atoms with van der Waals surface area (Å²) in [7, 11) is 0. The Morgan fingerprint density at radius 3 is 2.03 bits per heavy atom. The highest BCUT2D eigenvalue weighted by molar-refractivity contribution is 5.91. The summed E-state index contributed by atoms with van der Waals surface area (Å²) >= 11 is 0. The van der Waals surface area contributed by atoms with E-state index in [0.29, 0.717) is 5.92 Å². The molecule has 0 radical (unpaired) electrons. The molecule has 2 aromatic carbocycles. The molecule has 4 N–H and O–H groups in total. The number of hydrogen-bond acceptors (Lipinski definition) is 4. The molecular weight excluding hydrogens is 380 g/mol. The third-order valence-corrected chi connectivity index (χ3v) is 6.59. The van der Waals surface area contributed by atoms with Crippen LogP contribution in [0.1, 0.15) is 57.1 Å². The Balaban J connectivity index is 1.75. The second kappa shape index (κ2) is 9.37. The van der Waals surface area contributed by atoms with Gasteiger partial charge in [-0.1, -0.05) is 74.5 Å². The number of allylic oxidation sites excluding steroid dienone is 1. The lowest BCUT2D eigenvalue weighted by molar-refractivity contribution is 0.309. The van der Waals surface area contributed by atoms with E-state index in [-0.39, 0.29) is 6.04 Å². The zero-order valence-corrected chi connectivity index (χ0v) is 18.9. The second-order valence-corrected chi connectivity index (χ2v) is 9.55. The molecule has 0 spiro atoms. The first-order chi connectivity index (χ1) is 15.0. The van der Waals surface area contributed by atoms with E-state index in [4.69, 9.17) is 16.5 Å². The molecule has 0 saturated carbocycles. The van der Waals surface area contributed by atoms with E-state index in [1.165, 1.54) is 35.2 Å². The van der Waals surface area contributed by atoms with Crippen molar-refractivity contribution in [3.05, 3.63) is 83.1 Å². The summed E-state index contributed by atoms with van der Waals surface area (Å²) in [6.45, 7) is 6.01. The lowest BCUT2D eigenvalue weighted by Gasteiger charge is -2.46. The van der Waals surface area contributed by atoms with Gasteiger partial charge in [0.05, 0.1) is 11.6 Å². The van der Waals surface area contributed by atoms with Crippen LogP contribution in [0.2, 0.25) is 0 Å². The lowest BCUT2D eigenvalue weighted by atomic mass is 9.71. The van der Waals surface area contributed by atoms with Crippen molar-refractivity contribution in [1.29, 1.82) is 0 Å². The number of hydrogen-bond donors (Lipinski definition) is 2. The Kier molecular flexibility index (Phi) is 6.59. The quantitative estimate of drug-likeness (QED) is 0.696. The Bertz CT molecular complexity index is 891. The molecule has 2 atom stereocenters. The van der Waals surface area contributed by atoms with Gasteiger partial charge in [-0.15, -0.1) is 0 Å². The molecule has 164 valence electrons. The average Bonchev–Trinajstić information content (AvgIpc) is 2.77. The fourth-order valence-electron chi connectivity index (χ4n) is 5.16. The van der Waals surface area contributed by atoms with Crippen LogP contribution in [0.3, 0.4) is 0 Å². The molecule has 4 heteroatoms. The van der Waals surface area contributed by atoms with Crippen LogP contribution in [-0.4, -0.2) is 22.3 Å². The minimum atomic E-state index is -0.521. The maximum atomic E-state index is 7.18. The van der Waals surface area contributed by atoms with Gasteiger partial charge in [0, 0.05) is 18.8 Å². The summed E-state index contributed by atoms with van der Waals surface area (Å²) in [5, 5.41) is 0. The molecular formula is C27H36N4. The maximum Gasteiger partial charge on any atom is 0.124 e. The van der Waals surface area contributed by atoms with Crippen molar-refractivity contribution in [3.8, 4) is 0 Å². The van der Waals surface area contributed by atoms with Crippen molar-refractivity contribution in [1.82, 2.24) is 4.90 Å². The van der Waals surface area contributed by atoms with E-state index < -0.39 is 5.54 Å². The van der Waals surface area contributed by atoms with Gasteiger partial charge in [-0.25, -0.2) is 4.99 Å². The SMILES string of the molecule is CC(C)CC1(N)C2=C(CCCC2)N=C(N(Cc2ccccc2)Cc2ccccc2)C1N. The molecule has 0 saturated heterocycles. The molecule has 0 amide bonds. The molecule has 1 aliphatic heterocycles. The van der Waals surface area contributed by atoms with Gasteiger partial charge >= 0.3 is 0 Å². The van der Waals surface area contributed by atoms with E-state index in [1.807, 2.05) is 0 Å². The monoisotopic (exact) mass is 416 g/mol. The average molecular weight is 417 g/mol. The van der Waals surface area contributed by atoms with Crippen molar-refractivity contribution in [3.63, 3.8) is 0 Å². The number of rotatable bonds is 6. The van der Waals surface area contributed by atoms with E-state index in [2.05, 4.69) is 79.4 Å². The zero-order valence-electron chi connectivity index (χ0n) is 18.9. The van der Waals surface area contributed by atoms with E-state index in [1.54, 1.807) is 0 Å². The van der Waals surface area contributed by atoms with Crippen molar-refractivity contribution in [2.45, 2.75) is 70.6 Å². The second-order valence-electron chi connectivity index (χ2n) is 9.55. The summed E-state index contributed by atoms with van der Waals surface area (Å²) < 4.78 is 0. The summed E-state index contributed by atoms with van der Waals surface area (Å²) in [4.78, 5) is 7.54. The largest absolute Gasteiger partial charge is 0.350 e. The number of aliphatic imine (C=N–C) groups is 1. The molecule has 2 unspecified atom stereocenters. The highest BCUT2D eigenvalue weighted by Crippen LogP contribution is 2.40. The topological polar surface area (TPSA) is 67.6 Å². The normalized spacial score (nSPS) is 23.5. The summed E-state index contributed by atoms with van der Waals surface area (Å²) in [6.07, 6.45) is 5.29. The predicted molar refractivity (Wildman–Crippen MR) is 129 cm³/mol. The van der Waals surface area contributed by atoms with Crippen molar-refractivity contribution >= 4 is 5.84 Å². The maximum absolute atomic E-state index is 7.18. The van der Waals surface area contributed by atoms with E-state index in [0.717, 1.165) is 38.2 Å². The van der Waals surface area contributed by atoms with Crippen LogP contribution in [0.25, 0.3) is 0 Å². The minimum Gasteiger partial charge on any atom is -0.350 e. The number of benzene rings is 2. The first-order valence-corrected chi connectivity index (χ1v) is 11.7. The van der Waals surface area contributed by atoms with Gasteiger partial charge in [-0.2, -0.15) is 0 Å². The first kappa shape index (κ1) is 21.8. The van der Waals surface area contributed by atoms with Gasteiger partial charge in [-0.05, 0) is 54.7 Å². The number of amidine groups is 1. The van der Waals surface area contributed by atoms with Crippen LogP contribution in [0, 0.1) is 5.92 Å². The van der Waals surface area contributed by atoms with Crippen LogP contribution >= 0.6 is 0 Å². The molecule has 1 aliphatic carbocycles. The highest BCUT2D eigenvalue weighted by atomic mass is 15.2. The molecule has 0 aromatic heterocycles. The zero-order chi connectivity index (χ0) is 21.8. The van der Waals surface area contributed by atoms with Gasteiger partial charge in [-0.3, -0.25) is 0 Å².